The Morgan fingerprint density at radius 1 is 0.789 bits per heavy atom. The Labute approximate surface area is 122 Å². The lowest BCUT2D eigenvalue weighted by Crippen LogP contribution is -1.90. The van der Waals surface area contributed by atoms with Crippen LogP contribution < -0.4 is 4.74 Å². The molecule has 0 radical (unpaired) electrons. The minimum Gasteiger partial charge on any atom is -0.456 e. The van der Waals surface area contributed by atoms with E-state index in [1.807, 2.05) is 0 Å². The van der Waals surface area contributed by atoms with Crippen molar-refractivity contribution in [3.05, 3.63) is 70.7 Å². The molecule has 3 heteroatoms. The van der Waals surface area contributed by atoms with E-state index < -0.39 is 0 Å². The van der Waals surface area contributed by atoms with Gasteiger partial charge in [-0.25, -0.2) is 0 Å². The zero-order valence-electron chi connectivity index (χ0n) is 10.2. The highest BCUT2D eigenvalue weighted by Gasteiger charge is 2.07. The van der Waals surface area contributed by atoms with Crippen LogP contribution in [0.1, 0.15) is 11.1 Å². The normalized spacial score (nSPS) is 10.0. The lowest BCUT2D eigenvalue weighted by Gasteiger charge is -2.11. The summed E-state index contributed by atoms with van der Waals surface area (Å²) in [5.41, 5.74) is 1.66. The quantitative estimate of drug-likeness (QED) is 0.664. The lowest BCUT2D eigenvalue weighted by atomic mass is 10.1. The number of hydrogen-bond donors (Lipinski definition) is 0. The maximum Gasteiger partial charge on any atom is 0.134 e. The summed E-state index contributed by atoms with van der Waals surface area (Å²) in [6, 6.07) is 10.8. The molecule has 0 heterocycles. The van der Waals surface area contributed by atoms with Gasteiger partial charge in [-0.3, -0.25) is 0 Å². The van der Waals surface area contributed by atoms with Gasteiger partial charge in [-0.15, -0.1) is 0 Å². The molecule has 1 nitrogen and oxygen atoms in total. The van der Waals surface area contributed by atoms with Gasteiger partial charge in [0.05, 0.1) is 0 Å². The molecule has 0 saturated carbocycles. The van der Waals surface area contributed by atoms with Crippen LogP contribution in [-0.4, -0.2) is 0 Å². The molecule has 0 aliphatic carbocycles. The number of ether oxygens (including phenoxy) is 1. The first-order chi connectivity index (χ1) is 9.13. The van der Waals surface area contributed by atoms with Crippen molar-refractivity contribution in [1.82, 2.24) is 0 Å². The summed E-state index contributed by atoms with van der Waals surface area (Å²) >= 11 is 11.9. The predicted octanol–water partition coefficient (Wildman–Crippen LogP) is 6.07. The zero-order chi connectivity index (χ0) is 13.8. The second-order valence-corrected chi connectivity index (χ2v) is 4.75. The third-order valence-corrected chi connectivity index (χ3v) is 3.07. The first-order valence-corrected chi connectivity index (χ1v) is 6.41. The molecule has 0 amide bonds. The van der Waals surface area contributed by atoms with E-state index in [1.54, 1.807) is 48.6 Å². The fourth-order valence-electron chi connectivity index (χ4n) is 1.66. The average molecular weight is 291 g/mol. The van der Waals surface area contributed by atoms with Crippen LogP contribution in [0.3, 0.4) is 0 Å². The van der Waals surface area contributed by atoms with Crippen LogP contribution in [0.2, 0.25) is 10.0 Å². The van der Waals surface area contributed by atoms with Gasteiger partial charge < -0.3 is 4.74 Å². The lowest BCUT2D eigenvalue weighted by molar-refractivity contribution is 0.480. The molecule has 0 fully saturated rings. The fourth-order valence-corrected chi connectivity index (χ4v) is 2.02. The first kappa shape index (κ1) is 13.7. The monoisotopic (exact) mass is 290 g/mol. The van der Waals surface area contributed by atoms with Gasteiger partial charge in [0.2, 0.25) is 0 Å². The molecular weight excluding hydrogens is 279 g/mol. The van der Waals surface area contributed by atoms with Crippen molar-refractivity contribution in [2.75, 3.05) is 0 Å². The summed E-state index contributed by atoms with van der Waals surface area (Å²) in [6.07, 6.45) is 3.40. The molecule has 0 unspecified atom stereocenters. The van der Waals surface area contributed by atoms with Crippen molar-refractivity contribution < 1.29 is 4.74 Å². The Morgan fingerprint density at radius 3 is 1.58 bits per heavy atom. The number of halogens is 2. The largest absolute Gasteiger partial charge is 0.456 e. The Hall–Kier alpha value is -1.70. The maximum absolute atomic E-state index is 5.94. The number of rotatable bonds is 4. The Balaban J connectivity index is 2.41. The molecule has 0 aliphatic heterocycles. The molecule has 0 aliphatic rings. The molecule has 0 atom stereocenters. The van der Waals surface area contributed by atoms with Crippen molar-refractivity contribution in [2.24, 2.45) is 0 Å². The molecular formula is C16H12Cl2O. The van der Waals surface area contributed by atoms with Crippen LogP contribution >= 0.6 is 23.2 Å². The highest BCUT2D eigenvalue weighted by Crippen LogP contribution is 2.32. The van der Waals surface area contributed by atoms with Gasteiger partial charge in [0.25, 0.3) is 0 Å². The van der Waals surface area contributed by atoms with Crippen LogP contribution in [0.5, 0.6) is 11.5 Å². The SMILES string of the molecule is C=Cc1cc(Cl)ccc1Oc1ccc(Cl)cc1C=C. The second kappa shape index (κ2) is 5.96. The predicted molar refractivity (Wildman–Crippen MR) is 83.2 cm³/mol. The van der Waals surface area contributed by atoms with Crippen LogP contribution in [0.25, 0.3) is 12.2 Å². The van der Waals surface area contributed by atoms with Gasteiger partial charge in [-0.05, 0) is 36.4 Å². The molecule has 0 N–H and O–H groups in total. The summed E-state index contributed by atoms with van der Waals surface area (Å²) < 4.78 is 5.87. The summed E-state index contributed by atoms with van der Waals surface area (Å²) in [7, 11) is 0. The van der Waals surface area contributed by atoms with Gasteiger partial charge in [0.1, 0.15) is 11.5 Å². The van der Waals surface area contributed by atoms with Gasteiger partial charge in [-0.2, -0.15) is 0 Å². The molecule has 0 bridgehead atoms. The average Bonchev–Trinajstić information content (AvgIpc) is 2.42. The number of benzene rings is 2. The summed E-state index contributed by atoms with van der Waals surface area (Å²) in [5.74, 6) is 1.37. The third kappa shape index (κ3) is 3.19. The van der Waals surface area contributed by atoms with Crippen molar-refractivity contribution in [1.29, 1.82) is 0 Å². The first-order valence-electron chi connectivity index (χ1n) is 5.66. The molecule has 19 heavy (non-hydrogen) atoms. The maximum atomic E-state index is 5.94. The van der Waals surface area contributed by atoms with Crippen molar-refractivity contribution in [3.63, 3.8) is 0 Å². The van der Waals surface area contributed by atoms with E-state index in [0.717, 1.165) is 11.1 Å². The van der Waals surface area contributed by atoms with Crippen molar-refractivity contribution in [2.45, 2.75) is 0 Å². The van der Waals surface area contributed by atoms with Gasteiger partial charge in [0.15, 0.2) is 0 Å². The minimum atomic E-state index is 0.641. The van der Waals surface area contributed by atoms with Gasteiger partial charge in [-0.1, -0.05) is 48.5 Å². The van der Waals surface area contributed by atoms with E-state index in [2.05, 4.69) is 13.2 Å². The van der Waals surface area contributed by atoms with Crippen molar-refractivity contribution >= 4 is 35.4 Å². The molecule has 2 aromatic carbocycles. The van der Waals surface area contributed by atoms with E-state index in [-0.39, 0.29) is 0 Å². The molecule has 2 aromatic rings. The summed E-state index contributed by atoms with van der Waals surface area (Å²) in [5, 5.41) is 1.28. The van der Waals surface area contributed by atoms with Crippen LogP contribution in [0.15, 0.2) is 49.6 Å². The topological polar surface area (TPSA) is 9.23 Å². The Morgan fingerprint density at radius 2 is 1.21 bits per heavy atom. The van der Waals surface area contributed by atoms with Crippen LogP contribution in [-0.2, 0) is 0 Å². The van der Waals surface area contributed by atoms with Crippen LogP contribution in [0.4, 0.5) is 0 Å². The van der Waals surface area contributed by atoms with Gasteiger partial charge >= 0.3 is 0 Å². The number of hydrogen-bond acceptors (Lipinski definition) is 1. The molecule has 2 rings (SSSR count). The van der Waals surface area contributed by atoms with E-state index in [9.17, 15) is 0 Å². The third-order valence-electron chi connectivity index (χ3n) is 2.60. The van der Waals surface area contributed by atoms with E-state index >= 15 is 0 Å². The smallest absolute Gasteiger partial charge is 0.134 e. The van der Waals surface area contributed by atoms with Gasteiger partial charge in [0, 0.05) is 21.2 Å². The standard InChI is InChI=1S/C16H12Cl2O/c1-3-11-9-13(17)5-7-15(11)19-16-8-6-14(18)10-12(16)4-2/h3-10H,1-2H2. The van der Waals surface area contributed by atoms with E-state index in [1.165, 1.54) is 0 Å². The Kier molecular flexibility index (Phi) is 4.31. The van der Waals surface area contributed by atoms with E-state index in [4.69, 9.17) is 27.9 Å². The molecule has 96 valence electrons. The molecule has 0 saturated heterocycles. The van der Waals surface area contributed by atoms with Crippen molar-refractivity contribution in [3.8, 4) is 11.5 Å². The van der Waals surface area contributed by atoms with E-state index in [0.29, 0.717) is 21.5 Å². The summed E-state index contributed by atoms with van der Waals surface area (Å²) in [4.78, 5) is 0. The zero-order valence-corrected chi connectivity index (χ0v) is 11.7. The highest BCUT2D eigenvalue weighted by atomic mass is 35.5. The molecule has 0 aromatic heterocycles. The fraction of sp³-hybridized carbons (Fsp3) is 0. The van der Waals surface area contributed by atoms with Crippen LogP contribution in [0, 0.1) is 0 Å². The Bertz CT molecular complexity index is 577. The summed E-state index contributed by atoms with van der Waals surface area (Å²) in [6.45, 7) is 7.50. The minimum absolute atomic E-state index is 0.641. The molecule has 0 spiro atoms. The highest BCUT2D eigenvalue weighted by molar-refractivity contribution is 6.31. The second-order valence-electron chi connectivity index (χ2n) is 3.87.